The lowest BCUT2D eigenvalue weighted by atomic mass is 10.2. The van der Waals surface area contributed by atoms with Crippen LogP contribution in [0, 0.1) is 0 Å². The van der Waals surface area contributed by atoms with Gasteiger partial charge in [0.25, 0.3) is 5.91 Å². The number of pyridine rings is 1. The van der Waals surface area contributed by atoms with Crippen LogP contribution in [0.15, 0.2) is 31.0 Å². The first-order valence-electron chi connectivity index (χ1n) is 5.45. The van der Waals surface area contributed by atoms with Crippen molar-refractivity contribution in [2.24, 2.45) is 0 Å². The molecule has 1 aliphatic rings. The Balaban J connectivity index is 1.95. The first kappa shape index (κ1) is 9.95. The van der Waals surface area contributed by atoms with Gasteiger partial charge in [-0.25, -0.2) is 14.6 Å². The standard InChI is InChI=1S/C11H11N5O/c17-11(15-8-3-4-8)9-2-1-5-13-10(9)16-7-12-6-14-16/h1-2,5-8H,3-4H2,(H,15,17). The molecule has 1 saturated carbocycles. The molecule has 1 N–H and O–H groups in total. The fraction of sp³-hybridized carbons (Fsp3) is 0.273. The van der Waals surface area contributed by atoms with Gasteiger partial charge in [0, 0.05) is 12.2 Å². The van der Waals surface area contributed by atoms with Gasteiger partial charge in [0.1, 0.15) is 12.7 Å². The summed E-state index contributed by atoms with van der Waals surface area (Å²) in [5.74, 6) is 0.397. The van der Waals surface area contributed by atoms with E-state index < -0.39 is 0 Å². The molecule has 0 radical (unpaired) electrons. The molecule has 86 valence electrons. The van der Waals surface area contributed by atoms with E-state index >= 15 is 0 Å². The highest BCUT2D eigenvalue weighted by atomic mass is 16.1. The van der Waals surface area contributed by atoms with Gasteiger partial charge in [-0.1, -0.05) is 0 Å². The molecule has 0 aliphatic heterocycles. The molecule has 2 aromatic heterocycles. The van der Waals surface area contributed by atoms with Gasteiger partial charge in [-0.2, -0.15) is 5.10 Å². The van der Waals surface area contributed by atoms with Crippen molar-refractivity contribution in [2.45, 2.75) is 18.9 Å². The van der Waals surface area contributed by atoms with Crippen molar-refractivity contribution >= 4 is 5.91 Å². The zero-order chi connectivity index (χ0) is 11.7. The Morgan fingerprint density at radius 2 is 2.35 bits per heavy atom. The van der Waals surface area contributed by atoms with Crippen molar-refractivity contribution in [1.82, 2.24) is 25.1 Å². The van der Waals surface area contributed by atoms with E-state index in [0.717, 1.165) is 12.8 Å². The molecule has 0 atom stereocenters. The van der Waals surface area contributed by atoms with Gasteiger partial charge in [0.15, 0.2) is 5.82 Å². The van der Waals surface area contributed by atoms with Crippen LogP contribution in [0.1, 0.15) is 23.2 Å². The van der Waals surface area contributed by atoms with Crippen molar-refractivity contribution in [3.05, 3.63) is 36.5 Å². The van der Waals surface area contributed by atoms with Crippen LogP contribution in [-0.2, 0) is 0 Å². The third-order valence-corrected chi connectivity index (χ3v) is 2.58. The summed E-state index contributed by atoms with van der Waals surface area (Å²) in [6.45, 7) is 0. The number of rotatable bonds is 3. The fourth-order valence-corrected chi connectivity index (χ4v) is 1.57. The maximum absolute atomic E-state index is 12.0. The van der Waals surface area contributed by atoms with E-state index in [0.29, 0.717) is 17.4 Å². The summed E-state index contributed by atoms with van der Waals surface area (Å²) in [6, 6.07) is 3.80. The summed E-state index contributed by atoms with van der Waals surface area (Å²) >= 11 is 0. The Hall–Kier alpha value is -2.24. The predicted octanol–water partition coefficient (Wildman–Crippen LogP) is 0.554. The van der Waals surface area contributed by atoms with Crippen molar-refractivity contribution < 1.29 is 4.79 Å². The maximum Gasteiger partial charge on any atom is 0.255 e. The fourth-order valence-electron chi connectivity index (χ4n) is 1.57. The zero-order valence-electron chi connectivity index (χ0n) is 9.08. The van der Waals surface area contributed by atoms with Crippen LogP contribution in [-0.4, -0.2) is 31.7 Å². The molecule has 0 bridgehead atoms. The van der Waals surface area contributed by atoms with Gasteiger partial charge >= 0.3 is 0 Å². The molecule has 1 amide bonds. The molecular formula is C11H11N5O. The normalized spacial score (nSPS) is 14.6. The second-order valence-corrected chi connectivity index (χ2v) is 3.96. The number of hydrogen-bond acceptors (Lipinski definition) is 4. The van der Waals surface area contributed by atoms with Crippen molar-refractivity contribution in [3.63, 3.8) is 0 Å². The van der Waals surface area contributed by atoms with E-state index in [1.807, 2.05) is 0 Å². The number of amides is 1. The molecular weight excluding hydrogens is 218 g/mol. The minimum atomic E-state index is -0.105. The highest BCUT2D eigenvalue weighted by Gasteiger charge is 2.25. The molecule has 3 rings (SSSR count). The van der Waals surface area contributed by atoms with Gasteiger partial charge in [0.2, 0.25) is 0 Å². The highest BCUT2D eigenvalue weighted by molar-refractivity contribution is 5.97. The average molecular weight is 229 g/mol. The molecule has 17 heavy (non-hydrogen) atoms. The molecule has 6 heteroatoms. The Kier molecular flexibility index (Phi) is 2.32. The number of nitrogens with zero attached hydrogens (tertiary/aromatic N) is 4. The van der Waals surface area contributed by atoms with Crippen molar-refractivity contribution in [3.8, 4) is 5.82 Å². The summed E-state index contributed by atoms with van der Waals surface area (Å²) in [4.78, 5) is 20.0. The lowest BCUT2D eigenvalue weighted by Crippen LogP contribution is -2.27. The van der Waals surface area contributed by atoms with E-state index in [2.05, 4.69) is 20.4 Å². The van der Waals surface area contributed by atoms with Gasteiger partial charge in [-0.3, -0.25) is 4.79 Å². The summed E-state index contributed by atoms with van der Waals surface area (Å²) in [5, 5.41) is 6.92. The molecule has 2 aromatic rings. The smallest absolute Gasteiger partial charge is 0.255 e. The lowest BCUT2D eigenvalue weighted by molar-refractivity contribution is 0.0950. The zero-order valence-corrected chi connectivity index (χ0v) is 9.08. The number of nitrogens with one attached hydrogen (secondary N) is 1. The number of hydrogen-bond donors (Lipinski definition) is 1. The van der Waals surface area contributed by atoms with Crippen LogP contribution in [0.25, 0.3) is 5.82 Å². The number of carbonyl (C=O) groups excluding carboxylic acids is 1. The predicted molar refractivity (Wildman–Crippen MR) is 59.6 cm³/mol. The van der Waals surface area contributed by atoms with Crippen molar-refractivity contribution in [2.75, 3.05) is 0 Å². The molecule has 0 saturated heterocycles. The first-order chi connectivity index (χ1) is 8.34. The first-order valence-corrected chi connectivity index (χ1v) is 5.45. The van der Waals surface area contributed by atoms with E-state index in [4.69, 9.17) is 0 Å². The average Bonchev–Trinajstić information content (AvgIpc) is 3.00. The summed E-state index contributed by atoms with van der Waals surface area (Å²) in [5.41, 5.74) is 0.518. The second kappa shape index (κ2) is 3.97. The topological polar surface area (TPSA) is 72.7 Å². The Bertz CT molecular complexity index is 533. The number of aromatic nitrogens is 4. The van der Waals surface area contributed by atoms with Crippen LogP contribution in [0.3, 0.4) is 0 Å². The third kappa shape index (κ3) is 2.01. The largest absolute Gasteiger partial charge is 0.349 e. The van der Waals surface area contributed by atoms with Crippen molar-refractivity contribution in [1.29, 1.82) is 0 Å². The summed E-state index contributed by atoms with van der Waals surface area (Å²) in [6.07, 6.45) is 6.69. The quantitative estimate of drug-likeness (QED) is 0.834. The van der Waals surface area contributed by atoms with Gasteiger partial charge in [-0.15, -0.1) is 0 Å². The van der Waals surface area contributed by atoms with Crippen LogP contribution in [0.5, 0.6) is 0 Å². The van der Waals surface area contributed by atoms with Gasteiger partial charge < -0.3 is 5.32 Å². The summed E-state index contributed by atoms with van der Waals surface area (Å²) in [7, 11) is 0. The molecule has 1 aliphatic carbocycles. The lowest BCUT2D eigenvalue weighted by Gasteiger charge is -2.07. The second-order valence-electron chi connectivity index (χ2n) is 3.96. The van der Waals surface area contributed by atoms with E-state index in [1.165, 1.54) is 17.3 Å². The van der Waals surface area contributed by atoms with Crippen LogP contribution < -0.4 is 5.32 Å². The number of carbonyl (C=O) groups is 1. The Morgan fingerprint density at radius 3 is 3.06 bits per heavy atom. The van der Waals surface area contributed by atoms with E-state index in [1.54, 1.807) is 18.3 Å². The van der Waals surface area contributed by atoms with Crippen LogP contribution in [0.2, 0.25) is 0 Å². The maximum atomic E-state index is 12.0. The SMILES string of the molecule is O=C(NC1CC1)c1cccnc1-n1cncn1. The molecule has 0 spiro atoms. The Morgan fingerprint density at radius 1 is 1.47 bits per heavy atom. The molecule has 0 aromatic carbocycles. The minimum absolute atomic E-state index is 0.105. The van der Waals surface area contributed by atoms with Gasteiger partial charge in [-0.05, 0) is 25.0 Å². The van der Waals surface area contributed by atoms with E-state index in [-0.39, 0.29) is 5.91 Å². The van der Waals surface area contributed by atoms with Gasteiger partial charge in [0.05, 0.1) is 5.56 Å². The molecule has 1 fully saturated rings. The molecule has 6 nitrogen and oxygen atoms in total. The minimum Gasteiger partial charge on any atom is -0.349 e. The highest BCUT2D eigenvalue weighted by Crippen LogP contribution is 2.20. The third-order valence-electron chi connectivity index (χ3n) is 2.58. The monoisotopic (exact) mass is 229 g/mol. The van der Waals surface area contributed by atoms with E-state index in [9.17, 15) is 4.79 Å². The summed E-state index contributed by atoms with van der Waals surface area (Å²) < 4.78 is 1.49. The van der Waals surface area contributed by atoms with Crippen LogP contribution >= 0.6 is 0 Å². The molecule has 0 unspecified atom stereocenters. The van der Waals surface area contributed by atoms with Crippen LogP contribution in [0.4, 0.5) is 0 Å². The Labute approximate surface area is 97.7 Å². The molecule has 2 heterocycles.